The summed E-state index contributed by atoms with van der Waals surface area (Å²) < 4.78 is 70.4. The standard InChI is InChI=1S/C22H19F5N2O2/c1-12-4-6-18-15(9-12)16(11-19(28)30)21(23,24)7-8-29(18)20(31)14-5-3-13(2)10-17(14)22(25,26)27/h3-6,9-11H,7-8H2,1-2H3,(H2,28,30)/b16-11-. The number of fused-ring (bicyclic) bond motifs is 1. The maximum atomic E-state index is 14.9. The molecular weight excluding hydrogens is 419 g/mol. The average Bonchev–Trinajstić information content (AvgIpc) is 2.75. The van der Waals surface area contributed by atoms with Crippen molar-refractivity contribution in [2.45, 2.75) is 32.4 Å². The van der Waals surface area contributed by atoms with E-state index in [2.05, 4.69) is 0 Å². The first-order valence-corrected chi connectivity index (χ1v) is 9.31. The van der Waals surface area contributed by atoms with Crippen molar-refractivity contribution in [3.05, 3.63) is 70.3 Å². The summed E-state index contributed by atoms with van der Waals surface area (Å²) in [6.45, 7) is 2.53. The monoisotopic (exact) mass is 438 g/mol. The molecule has 0 aromatic heterocycles. The predicted octanol–water partition coefficient (Wildman–Crippen LogP) is 4.88. The van der Waals surface area contributed by atoms with Gasteiger partial charge in [0.2, 0.25) is 5.91 Å². The SMILES string of the molecule is Cc1ccc2c(c1)/C(=C/C(N)=O)C(F)(F)CCN2C(=O)c1ccc(C)cc1C(F)(F)F. The Morgan fingerprint density at radius 2 is 1.68 bits per heavy atom. The average molecular weight is 438 g/mol. The molecule has 2 amide bonds. The zero-order valence-electron chi connectivity index (χ0n) is 16.7. The lowest BCUT2D eigenvalue weighted by Crippen LogP contribution is -2.34. The van der Waals surface area contributed by atoms with Crippen LogP contribution in [0.2, 0.25) is 0 Å². The number of aryl methyl sites for hydroxylation is 2. The minimum absolute atomic E-state index is 0.0195. The van der Waals surface area contributed by atoms with Crippen LogP contribution in [0.4, 0.5) is 27.6 Å². The molecule has 1 aliphatic heterocycles. The number of hydrogen-bond donors (Lipinski definition) is 1. The van der Waals surface area contributed by atoms with Gasteiger partial charge in [0.05, 0.1) is 16.8 Å². The Hall–Kier alpha value is -3.23. The quantitative estimate of drug-likeness (QED) is 0.537. The van der Waals surface area contributed by atoms with Crippen LogP contribution < -0.4 is 10.6 Å². The van der Waals surface area contributed by atoms with E-state index in [0.29, 0.717) is 17.2 Å². The van der Waals surface area contributed by atoms with Crippen molar-refractivity contribution in [1.82, 2.24) is 0 Å². The Balaban J connectivity index is 2.22. The summed E-state index contributed by atoms with van der Waals surface area (Å²) in [6.07, 6.45) is -5.10. The third-order valence-electron chi connectivity index (χ3n) is 5.02. The maximum absolute atomic E-state index is 14.9. The zero-order valence-corrected chi connectivity index (χ0v) is 16.7. The number of allylic oxidation sites excluding steroid dienone is 1. The van der Waals surface area contributed by atoms with Crippen LogP contribution in [0.3, 0.4) is 0 Å². The molecule has 0 saturated carbocycles. The van der Waals surface area contributed by atoms with Crippen LogP contribution >= 0.6 is 0 Å². The second kappa shape index (κ2) is 7.79. The molecule has 2 aromatic carbocycles. The van der Waals surface area contributed by atoms with E-state index < -0.39 is 53.6 Å². The number of anilines is 1. The number of carbonyl (C=O) groups is 2. The summed E-state index contributed by atoms with van der Waals surface area (Å²) in [7, 11) is 0. The van der Waals surface area contributed by atoms with Crippen molar-refractivity contribution in [3.8, 4) is 0 Å². The van der Waals surface area contributed by atoms with Crippen LogP contribution in [0.1, 0.15) is 39.0 Å². The summed E-state index contributed by atoms with van der Waals surface area (Å²) in [5.41, 5.74) is 3.36. The molecule has 0 bridgehead atoms. The first-order chi connectivity index (χ1) is 14.3. The van der Waals surface area contributed by atoms with Gasteiger partial charge in [-0.15, -0.1) is 0 Å². The van der Waals surface area contributed by atoms with E-state index in [1.54, 1.807) is 13.0 Å². The summed E-state index contributed by atoms with van der Waals surface area (Å²) in [5, 5.41) is 0. The Morgan fingerprint density at radius 1 is 1.06 bits per heavy atom. The van der Waals surface area contributed by atoms with Gasteiger partial charge in [0.1, 0.15) is 0 Å². The van der Waals surface area contributed by atoms with Crippen LogP contribution in [-0.4, -0.2) is 24.3 Å². The van der Waals surface area contributed by atoms with Crippen molar-refractivity contribution < 1.29 is 31.5 Å². The molecule has 0 saturated heterocycles. The summed E-state index contributed by atoms with van der Waals surface area (Å²) in [5.74, 6) is -5.68. The highest BCUT2D eigenvalue weighted by Gasteiger charge is 2.43. The fraction of sp³-hybridized carbons (Fsp3) is 0.273. The van der Waals surface area contributed by atoms with E-state index in [1.165, 1.54) is 25.1 Å². The maximum Gasteiger partial charge on any atom is 0.417 e. The van der Waals surface area contributed by atoms with Gasteiger partial charge < -0.3 is 10.6 Å². The molecule has 0 fully saturated rings. The number of hydrogen-bond acceptors (Lipinski definition) is 2. The Morgan fingerprint density at radius 3 is 2.29 bits per heavy atom. The van der Waals surface area contributed by atoms with Crippen molar-refractivity contribution in [1.29, 1.82) is 0 Å². The Labute approximate surface area is 175 Å². The highest BCUT2D eigenvalue weighted by molar-refractivity contribution is 6.10. The number of nitrogens with zero attached hydrogens (tertiary/aromatic N) is 1. The number of amides is 2. The molecule has 2 N–H and O–H groups in total. The van der Waals surface area contributed by atoms with Gasteiger partial charge in [0, 0.05) is 30.2 Å². The van der Waals surface area contributed by atoms with Crippen LogP contribution in [0.15, 0.2) is 42.5 Å². The third kappa shape index (κ3) is 4.45. The smallest absolute Gasteiger partial charge is 0.366 e. The predicted molar refractivity (Wildman–Crippen MR) is 106 cm³/mol. The summed E-state index contributed by atoms with van der Waals surface area (Å²) in [4.78, 5) is 25.5. The highest BCUT2D eigenvalue weighted by atomic mass is 19.4. The third-order valence-corrected chi connectivity index (χ3v) is 5.02. The van der Waals surface area contributed by atoms with Gasteiger partial charge >= 0.3 is 6.18 Å². The van der Waals surface area contributed by atoms with Crippen molar-refractivity contribution in [2.75, 3.05) is 11.4 Å². The normalized spacial score (nSPS) is 17.3. The van der Waals surface area contributed by atoms with E-state index in [0.717, 1.165) is 17.0 Å². The fourth-order valence-electron chi connectivity index (χ4n) is 3.57. The second-order valence-electron chi connectivity index (χ2n) is 7.44. The molecule has 0 spiro atoms. The first-order valence-electron chi connectivity index (χ1n) is 9.31. The number of benzene rings is 2. The molecule has 9 heteroatoms. The molecule has 164 valence electrons. The van der Waals surface area contributed by atoms with Crippen molar-refractivity contribution >= 4 is 23.1 Å². The van der Waals surface area contributed by atoms with Crippen molar-refractivity contribution in [2.24, 2.45) is 5.73 Å². The number of rotatable bonds is 2. The van der Waals surface area contributed by atoms with E-state index in [-0.39, 0.29) is 11.3 Å². The molecule has 3 rings (SSSR count). The van der Waals surface area contributed by atoms with Crippen molar-refractivity contribution in [3.63, 3.8) is 0 Å². The van der Waals surface area contributed by atoms with Gasteiger partial charge in [0.25, 0.3) is 11.8 Å². The molecule has 1 heterocycles. The van der Waals surface area contributed by atoms with Gasteiger partial charge in [0.15, 0.2) is 0 Å². The van der Waals surface area contributed by atoms with Gasteiger partial charge in [-0.2, -0.15) is 13.2 Å². The molecule has 31 heavy (non-hydrogen) atoms. The molecule has 0 atom stereocenters. The van der Waals surface area contributed by atoms with Crippen LogP contribution in [-0.2, 0) is 11.0 Å². The molecule has 4 nitrogen and oxygen atoms in total. The Kier molecular flexibility index (Phi) is 5.64. The van der Waals surface area contributed by atoms with Crippen LogP contribution in [0.25, 0.3) is 5.57 Å². The second-order valence-corrected chi connectivity index (χ2v) is 7.44. The zero-order chi connectivity index (χ0) is 23.1. The number of alkyl halides is 5. The molecular formula is C22H19F5N2O2. The number of halogens is 5. The van der Waals surface area contributed by atoms with Gasteiger partial charge in [-0.1, -0.05) is 23.3 Å². The van der Waals surface area contributed by atoms with E-state index in [9.17, 15) is 31.5 Å². The fourth-order valence-corrected chi connectivity index (χ4v) is 3.57. The minimum atomic E-state index is -4.81. The van der Waals surface area contributed by atoms with Gasteiger partial charge in [-0.05, 0) is 38.1 Å². The largest absolute Gasteiger partial charge is 0.417 e. The van der Waals surface area contributed by atoms with Gasteiger partial charge in [-0.25, -0.2) is 8.78 Å². The first kappa shape index (κ1) is 22.5. The van der Waals surface area contributed by atoms with Crippen LogP contribution in [0.5, 0.6) is 0 Å². The summed E-state index contributed by atoms with van der Waals surface area (Å²) >= 11 is 0. The lowest BCUT2D eigenvalue weighted by atomic mass is 9.95. The van der Waals surface area contributed by atoms with E-state index in [4.69, 9.17) is 5.73 Å². The van der Waals surface area contributed by atoms with Gasteiger partial charge in [-0.3, -0.25) is 9.59 Å². The molecule has 1 aliphatic rings. The van der Waals surface area contributed by atoms with E-state index >= 15 is 0 Å². The van der Waals surface area contributed by atoms with E-state index in [1.807, 2.05) is 0 Å². The molecule has 0 aliphatic carbocycles. The topological polar surface area (TPSA) is 63.4 Å². The number of carbonyl (C=O) groups excluding carboxylic acids is 2. The summed E-state index contributed by atoms with van der Waals surface area (Å²) in [6, 6.07) is 7.50. The Bertz CT molecular complexity index is 1090. The van der Waals surface area contributed by atoms with Crippen LogP contribution in [0, 0.1) is 13.8 Å². The number of nitrogens with two attached hydrogens (primary N) is 1. The molecule has 0 radical (unpaired) electrons. The lowest BCUT2D eigenvalue weighted by molar-refractivity contribution is -0.138. The lowest BCUT2D eigenvalue weighted by Gasteiger charge is -2.25. The molecule has 0 unspecified atom stereocenters. The number of primary amides is 1. The minimum Gasteiger partial charge on any atom is -0.366 e. The molecule has 2 aromatic rings. The highest BCUT2D eigenvalue weighted by Crippen LogP contribution is 2.44.